The molecule has 1 unspecified atom stereocenters. The average molecular weight is 321 g/mol. The largest absolute Gasteiger partial charge is 0.359 e. The molecule has 1 aromatic heterocycles. The van der Waals surface area contributed by atoms with Crippen LogP contribution in [0.2, 0.25) is 0 Å². The fraction of sp³-hybridized carbons (Fsp3) is 0.688. The number of rotatable bonds is 3. The highest BCUT2D eigenvalue weighted by atomic mass is 16.2. The lowest BCUT2D eigenvalue weighted by atomic mass is 9.75. The van der Waals surface area contributed by atoms with Crippen LogP contribution >= 0.6 is 0 Å². The third-order valence-electron chi connectivity index (χ3n) is 4.57. The molecule has 0 bridgehead atoms. The molecule has 2 amide bonds. The third-order valence-corrected chi connectivity index (χ3v) is 4.57. The Hall–Kier alpha value is -1.89. The van der Waals surface area contributed by atoms with Crippen molar-refractivity contribution in [1.82, 2.24) is 20.4 Å². The second-order valence-corrected chi connectivity index (χ2v) is 7.20. The summed E-state index contributed by atoms with van der Waals surface area (Å²) in [7, 11) is 3.54. The Morgan fingerprint density at radius 3 is 2.48 bits per heavy atom. The highest BCUT2D eigenvalue weighted by Crippen LogP contribution is 2.39. The summed E-state index contributed by atoms with van der Waals surface area (Å²) in [6.07, 6.45) is 2.39. The van der Waals surface area contributed by atoms with Crippen molar-refractivity contribution in [3.8, 4) is 0 Å². The van der Waals surface area contributed by atoms with Crippen LogP contribution in [0.15, 0.2) is 0 Å². The second kappa shape index (κ2) is 6.31. The Kier molecular flexibility index (Phi) is 4.79. The second-order valence-electron chi connectivity index (χ2n) is 7.20. The first kappa shape index (κ1) is 17.5. The summed E-state index contributed by atoms with van der Waals surface area (Å²) in [6.45, 7) is 6.00. The van der Waals surface area contributed by atoms with E-state index in [-0.39, 0.29) is 11.3 Å². The van der Waals surface area contributed by atoms with Crippen LogP contribution in [0.25, 0.3) is 0 Å². The zero-order valence-corrected chi connectivity index (χ0v) is 14.6. The zero-order chi connectivity index (χ0) is 17.4. The van der Waals surface area contributed by atoms with Crippen LogP contribution in [0.5, 0.6) is 0 Å². The van der Waals surface area contributed by atoms with Crippen molar-refractivity contribution < 1.29 is 9.59 Å². The van der Waals surface area contributed by atoms with E-state index >= 15 is 0 Å². The first-order valence-electron chi connectivity index (χ1n) is 8.00. The number of hydrogen-bond acceptors (Lipinski definition) is 4. The molecule has 4 N–H and O–H groups in total. The Labute approximate surface area is 137 Å². The topological polar surface area (TPSA) is 102 Å². The molecule has 2 atom stereocenters. The van der Waals surface area contributed by atoms with E-state index in [1.165, 1.54) is 4.68 Å². The van der Waals surface area contributed by atoms with Gasteiger partial charge in [0.25, 0.3) is 0 Å². The molecule has 0 radical (unpaired) electrons. The minimum absolute atomic E-state index is 0.0963. The quantitative estimate of drug-likeness (QED) is 0.765. The maximum absolute atomic E-state index is 12.5. The number of carbonyl (C=O) groups excluding carboxylic acids is 2. The molecule has 0 saturated heterocycles. The first-order chi connectivity index (χ1) is 10.7. The Balaban J connectivity index is 2.61. The highest BCUT2D eigenvalue weighted by molar-refractivity contribution is 5.85. The van der Waals surface area contributed by atoms with Crippen molar-refractivity contribution in [1.29, 1.82) is 0 Å². The number of carbonyl (C=O) groups is 2. The molecule has 0 fully saturated rings. The van der Waals surface area contributed by atoms with Gasteiger partial charge in [-0.25, -0.2) is 4.79 Å². The number of likely N-dealkylation sites (N-methyl/N-ethyl adjacent to an activating group) is 2. The van der Waals surface area contributed by atoms with Gasteiger partial charge in [0.1, 0.15) is 0 Å². The standard InChI is InChI=1S/C16H27N5O2/c1-16(2,3)12(14(22)19-5)13-10-8-9(18-4)6-7-11(10)21(20-13)15(17)23/h9,12,18H,6-8H2,1-5H3,(H2,17,23)(H,19,22)/t9?,12-/m0/s1. The fourth-order valence-electron chi connectivity index (χ4n) is 3.38. The summed E-state index contributed by atoms with van der Waals surface area (Å²) in [4.78, 5) is 24.2. The molecule has 128 valence electrons. The molecule has 1 aliphatic rings. The SMILES string of the molecule is CNC(=O)[C@H](c1nn(C(N)=O)c2c1CC(NC)CC2)C(C)(C)C. The minimum atomic E-state index is -0.597. The van der Waals surface area contributed by atoms with Gasteiger partial charge in [-0.3, -0.25) is 4.79 Å². The lowest BCUT2D eigenvalue weighted by Crippen LogP contribution is -2.36. The summed E-state index contributed by atoms with van der Waals surface area (Å²) in [5.74, 6) is -0.529. The van der Waals surface area contributed by atoms with Crippen molar-refractivity contribution in [2.24, 2.45) is 11.1 Å². The van der Waals surface area contributed by atoms with Crippen LogP contribution in [0.4, 0.5) is 4.79 Å². The van der Waals surface area contributed by atoms with E-state index in [9.17, 15) is 9.59 Å². The monoisotopic (exact) mass is 321 g/mol. The number of hydrogen-bond donors (Lipinski definition) is 3. The zero-order valence-electron chi connectivity index (χ0n) is 14.6. The van der Waals surface area contributed by atoms with Crippen molar-refractivity contribution in [2.45, 2.75) is 52.0 Å². The Morgan fingerprint density at radius 2 is 2.00 bits per heavy atom. The number of nitrogens with one attached hydrogen (secondary N) is 2. The summed E-state index contributed by atoms with van der Waals surface area (Å²) in [5, 5.41) is 10.4. The minimum Gasteiger partial charge on any atom is -0.359 e. The molecule has 0 saturated carbocycles. The summed E-state index contributed by atoms with van der Waals surface area (Å²) in [5.41, 5.74) is 7.66. The van der Waals surface area contributed by atoms with Gasteiger partial charge in [-0.2, -0.15) is 9.78 Å². The van der Waals surface area contributed by atoms with Crippen LogP contribution in [-0.2, 0) is 17.6 Å². The van der Waals surface area contributed by atoms with Gasteiger partial charge in [-0.15, -0.1) is 0 Å². The maximum atomic E-state index is 12.5. The summed E-state index contributed by atoms with van der Waals surface area (Å²) in [6, 6.07) is -0.281. The van der Waals surface area contributed by atoms with Crippen molar-refractivity contribution >= 4 is 11.9 Å². The van der Waals surface area contributed by atoms with Gasteiger partial charge in [0.05, 0.1) is 17.3 Å². The number of aromatic nitrogens is 2. The smallest absolute Gasteiger partial charge is 0.339 e. The summed E-state index contributed by atoms with van der Waals surface area (Å²) < 4.78 is 1.28. The Morgan fingerprint density at radius 1 is 1.35 bits per heavy atom. The van der Waals surface area contributed by atoms with Gasteiger partial charge in [-0.1, -0.05) is 20.8 Å². The van der Waals surface area contributed by atoms with E-state index < -0.39 is 11.9 Å². The molecular formula is C16H27N5O2. The molecule has 7 heteroatoms. The van der Waals surface area contributed by atoms with E-state index in [1.807, 2.05) is 27.8 Å². The molecule has 0 spiro atoms. The third kappa shape index (κ3) is 3.24. The van der Waals surface area contributed by atoms with E-state index in [0.717, 1.165) is 30.5 Å². The first-order valence-corrected chi connectivity index (χ1v) is 8.00. The predicted molar refractivity (Wildman–Crippen MR) is 88.3 cm³/mol. The molecular weight excluding hydrogens is 294 g/mol. The number of amides is 2. The summed E-state index contributed by atoms with van der Waals surface area (Å²) >= 11 is 0. The predicted octanol–water partition coefficient (Wildman–Crippen LogP) is 0.762. The van der Waals surface area contributed by atoms with E-state index in [1.54, 1.807) is 7.05 Å². The van der Waals surface area contributed by atoms with Crippen molar-refractivity contribution in [2.75, 3.05) is 14.1 Å². The number of nitrogens with two attached hydrogens (primary N) is 1. The molecule has 0 aromatic carbocycles. The van der Waals surface area contributed by atoms with Crippen molar-refractivity contribution in [3.63, 3.8) is 0 Å². The number of primary amides is 1. The molecule has 7 nitrogen and oxygen atoms in total. The highest BCUT2D eigenvalue weighted by Gasteiger charge is 2.39. The molecule has 0 aliphatic heterocycles. The molecule has 23 heavy (non-hydrogen) atoms. The molecule has 1 heterocycles. The van der Waals surface area contributed by atoms with Gasteiger partial charge < -0.3 is 16.4 Å². The van der Waals surface area contributed by atoms with Crippen LogP contribution in [0.1, 0.15) is 50.1 Å². The maximum Gasteiger partial charge on any atom is 0.339 e. The Bertz CT molecular complexity index is 615. The lowest BCUT2D eigenvalue weighted by Gasteiger charge is -2.30. The van der Waals surface area contributed by atoms with E-state index in [4.69, 9.17) is 5.73 Å². The van der Waals surface area contributed by atoms with Gasteiger partial charge in [-0.05, 0) is 37.3 Å². The van der Waals surface area contributed by atoms with Crippen LogP contribution in [0, 0.1) is 5.41 Å². The molecule has 2 rings (SSSR count). The number of fused-ring (bicyclic) bond motifs is 1. The van der Waals surface area contributed by atoms with Gasteiger partial charge in [0, 0.05) is 13.1 Å². The van der Waals surface area contributed by atoms with Crippen LogP contribution < -0.4 is 16.4 Å². The normalized spacial score (nSPS) is 19.1. The van der Waals surface area contributed by atoms with Crippen LogP contribution in [-0.4, -0.2) is 41.9 Å². The molecule has 1 aliphatic carbocycles. The van der Waals surface area contributed by atoms with Gasteiger partial charge in [0.2, 0.25) is 5.91 Å². The fourth-order valence-corrected chi connectivity index (χ4v) is 3.38. The van der Waals surface area contributed by atoms with Gasteiger partial charge >= 0.3 is 6.03 Å². The van der Waals surface area contributed by atoms with E-state index in [2.05, 4.69) is 15.7 Å². The molecule has 1 aromatic rings. The van der Waals surface area contributed by atoms with E-state index in [0.29, 0.717) is 11.7 Å². The number of nitrogens with zero attached hydrogens (tertiary/aromatic N) is 2. The average Bonchev–Trinajstić information content (AvgIpc) is 2.84. The van der Waals surface area contributed by atoms with Crippen molar-refractivity contribution in [3.05, 3.63) is 17.0 Å². The lowest BCUT2D eigenvalue weighted by molar-refractivity contribution is -0.124. The van der Waals surface area contributed by atoms with Crippen LogP contribution in [0.3, 0.4) is 0 Å². The van der Waals surface area contributed by atoms with Gasteiger partial charge in [0.15, 0.2) is 0 Å².